The van der Waals surface area contributed by atoms with E-state index < -0.39 is 0 Å². The highest BCUT2D eigenvalue weighted by atomic mass is 16.1. The summed E-state index contributed by atoms with van der Waals surface area (Å²) in [5.74, 6) is 0.817. The van der Waals surface area contributed by atoms with Crippen LogP contribution < -0.4 is 5.32 Å². The first-order valence-corrected chi connectivity index (χ1v) is 8.09. The summed E-state index contributed by atoms with van der Waals surface area (Å²) in [4.78, 5) is 19.8. The number of para-hydroxylation sites is 2. The van der Waals surface area contributed by atoms with Crippen LogP contribution >= 0.6 is 0 Å². The number of hydrogen-bond acceptors (Lipinski definition) is 2. The summed E-state index contributed by atoms with van der Waals surface area (Å²) in [5, 5.41) is 2.94. The van der Waals surface area contributed by atoms with Gasteiger partial charge < -0.3 is 10.3 Å². The van der Waals surface area contributed by atoms with Crippen LogP contribution in [0.1, 0.15) is 28.9 Å². The van der Waals surface area contributed by atoms with Crippen LogP contribution in [0.4, 0.5) is 0 Å². The molecule has 0 unspecified atom stereocenters. The van der Waals surface area contributed by atoms with Gasteiger partial charge in [0.1, 0.15) is 5.82 Å². The van der Waals surface area contributed by atoms with E-state index in [-0.39, 0.29) is 5.91 Å². The summed E-state index contributed by atoms with van der Waals surface area (Å²) in [5.41, 5.74) is 5.86. The molecule has 4 nitrogen and oxygen atoms in total. The van der Waals surface area contributed by atoms with Gasteiger partial charge in [0.15, 0.2) is 0 Å². The van der Waals surface area contributed by atoms with Gasteiger partial charge in [-0.2, -0.15) is 0 Å². The SMILES string of the molecule is O=C(Cc1ccc2c(c1)CCC2)NCc1nc2ccccc2[nH]1. The number of H-pyrrole nitrogens is 1. The first-order chi connectivity index (χ1) is 11.3. The molecule has 23 heavy (non-hydrogen) atoms. The third-order valence-electron chi connectivity index (χ3n) is 4.42. The Morgan fingerprint density at radius 1 is 1.13 bits per heavy atom. The number of rotatable bonds is 4. The van der Waals surface area contributed by atoms with E-state index in [1.807, 2.05) is 24.3 Å². The molecular weight excluding hydrogens is 286 g/mol. The van der Waals surface area contributed by atoms with Gasteiger partial charge in [-0.1, -0.05) is 30.3 Å². The second-order valence-corrected chi connectivity index (χ2v) is 6.11. The molecule has 0 bridgehead atoms. The van der Waals surface area contributed by atoms with Crippen LogP contribution in [0.15, 0.2) is 42.5 Å². The minimum atomic E-state index is 0.0309. The van der Waals surface area contributed by atoms with Gasteiger partial charge in [-0.3, -0.25) is 4.79 Å². The van der Waals surface area contributed by atoms with Crippen molar-refractivity contribution >= 4 is 16.9 Å². The number of nitrogens with one attached hydrogen (secondary N) is 2. The van der Waals surface area contributed by atoms with Gasteiger partial charge in [-0.15, -0.1) is 0 Å². The zero-order valence-electron chi connectivity index (χ0n) is 12.9. The number of benzene rings is 2. The Balaban J connectivity index is 1.38. The molecule has 0 saturated heterocycles. The average Bonchev–Trinajstić information content (AvgIpc) is 3.18. The van der Waals surface area contributed by atoms with Gasteiger partial charge in [0.05, 0.1) is 24.0 Å². The average molecular weight is 305 g/mol. The van der Waals surface area contributed by atoms with E-state index >= 15 is 0 Å². The van der Waals surface area contributed by atoms with Crippen LogP contribution in [0, 0.1) is 0 Å². The largest absolute Gasteiger partial charge is 0.349 e. The highest BCUT2D eigenvalue weighted by Crippen LogP contribution is 2.23. The van der Waals surface area contributed by atoms with Crippen molar-refractivity contribution in [2.75, 3.05) is 0 Å². The van der Waals surface area contributed by atoms with Crippen molar-refractivity contribution in [1.82, 2.24) is 15.3 Å². The molecule has 0 atom stereocenters. The third-order valence-corrected chi connectivity index (χ3v) is 4.42. The molecular formula is C19H19N3O. The van der Waals surface area contributed by atoms with Gasteiger partial charge in [-0.05, 0) is 48.1 Å². The van der Waals surface area contributed by atoms with Crippen molar-refractivity contribution in [1.29, 1.82) is 0 Å². The molecule has 0 radical (unpaired) electrons. The fourth-order valence-corrected chi connectivity index (χ4v) is 3.25. The summed E-state index contributed by atoms with van der Waals surface area (Å²) in [6.45, 7) is 0.429. The highest BCUT2D eigenvalue weighted by molar-refractivity contribution is 5.79. The molecule has 1 amide bonds. The van der Waals surface area contributed by atoms with E-state index in [9.17, 15) is 4.79 Å². The quantitative estimate of drug-likeness (QED) is 0.778. The molecule has 4 heteroatoms. The number of amides is 1. The van der Waals surface area contributed by atoms with Crippen molar-refractivity contribution < 1.29 is 4.79 Å². The second kappa shape index (κ2) is 5.88. The van der Waals surface area contributed by atoms with E-state index in [2.05, 4.69) is 33.5 Å². The predicted molar refractivity (Wildman–Crippen MR) is 90.1 cm³/mol. The zero-order chi connectivity index (χ0) is 15.6. The molecule has 0 spiro atoms. The molecule has 0 aliphatic heterocycles. The molecule has 116 valence electrons. The number of aromatic amines is 1. The number of aromatic nitrogens is 2. The summed E-state index contributed by atoms with van der Waals surface area (Å²) in [6.07, 6.45) is 3.97. The molecule has 0 fully saturated rings. The Labute approximate surface area is 134 Å². The lowest BCUT2D eigenvalue weighted by atomic mass is 10.0. The predicted octanol–water partition coefficient (Wildman–Crippen LogP) is 2.91. The topological polar surface area (TPSA) is 57.8 Å². The fourth-order valence-electron chi connectivity index (χ4n) is 3.25. The first kappa shape index (κ1) is 14.0. The van der Waals surface area contributed by atoms with Crippen molar-refractivity contribution in [3.8, 4) is 0 Å². The number of hydrogen-bond donors (Lipinski definition) is 2. The third kappa shape index (κ3) is 2.97. The van der Waals surface area contributed by atoms with Gasteiger partial charge in [-0.25, -0.2) is 4.98 Å². The molecule has 4 rings (SSSR count). The minimum absolute atomic E-state index is 0.0309. The monoisotopic (exact) mass is 305 g/mol. The fraction of sp³-hybridized carbons (Fsp3) is 0.263. The van der Waals surface area contributed by atoms with Crippen molar-refractivity contribution in [3.63, 3.8) is 0 Å². The first-order valence-electron chi connectivity index (χ1n) is 8.09. The normalized spacial score (nSPS) is 13.2. The van der Waals surface area contributed by atoms with Crippen molar-refractivity contribution in [3.05, 3.63) is 65.0 Å². The number of fused-ring (bicyclic) bond motifs is 2. The number of carbonyl (C=O) groups excluding carboxylic acids is 1. The molecule has 1 aliphatic rings. The van der Waals surface area contributed by atoms with E-state index in [0.717, 1.165) is 28.8 Å². The Kier molecular flexibility index (Phi) is 3.58. The summed E-state index contributed by atoms with van der Waals surface area (Å²) in [6, 6.07) is 14.3. The molecule has 2 N–H and O–H groups in total. The van der Waals surface area contributed by atoms with E-state index in [0.29, 0.717) is 13.0 Å². The van der Waals surface area contributed by atoms with Crippen LogP contribution in [0.25, 0.3) is 11.0 Å². The van der Waals surface area contributed by atoms with E-state index in [1.165, 1.54) is 24.0 Å². The Hall–Kier alpha value is -2.62. The van der Waals surface area contributed by atoms with Crippen LogP contribution in [0.5, 0.6) is 0 Å². The Bertz CT molecular complexity index is 833. The lowest BCUT2D eigenvalue weighted by Gasteiger charge is -2.06. The van der Waals surface area contributed by atoms with E-state index in [1.54, 1.807) is 0 Å². The molecule has 1 heterocycles. The van der Waals surface area contributed by atoms with Gasteiger partial charge >= 0.3 is 0 Å². The molecule has 3 aromatic rings. The van der Waals surface area contributed by atoms with Crippen LogP contribution in [0.3, 0.4) is 0 Å². The molecule has 2 aromatic carbocycles. The van der Waals surface area contributed by atoms with Crippen LogP contribution in [0.2, 0.25) is 0 Å². The van der Waals surface area contributed by atoms with Crippen molar-refractivity contribution in [2.24, 2.45) is 0 Å². The molecule has 0 saturated carbocycles. The van der Waals surface area contributed by atoms with Crippen LogP contribution in [-0.2, 0) is 30.6 Å². The number of nitrogens with zero attached hydrogens (tertiary/aromatic N) is 1. The highest BCUT2D eigenvalue weighted by Gasteiger charge is 2.12. The zero-order valence-corrected chi connectivity index (χ0v) is 12.9. The standard InChI is InChI=1S/C19H19N3O/c23-19(11-13-8-9-14-4-3-5-15(14)10-13)20-12-18-21-16-6-1-2-7-17(16)22-18/h1-2,6-10H,3-5,11-12H2,(H,20,23)(H,21,22). The summed E-state index contributed by atoms with van der Waals surface area (Å²) in [7, 11) is 0. The minimum Gasteiger partial charge on any atom is -0.349 e. The Morgan fingerprint density at radius 3 is 2.91 bits per heavy atom. The van der Waals surface area contributed by atoms with Gasteiger partial charge in [0.25, 0.3) is 0 Å². The maximum atomic E-state index is 12.1. The Morgan fingerprint density at radius 2 is 2.00 bits per heavy atom. The smallest absolute Gasteiger partial charge is 0.224 e. The summed E-state index contributed by atoms with van der Waals surface area (Å²) >= 11 is 0. The van der Waals surface area contributed by atoms with Gasteiger partial charge in [0.2, 0.25) is 5.91 Å². The lowest BCUT2D eigenvalue weighted by Crippen LogP contribution is -2.25. The lowest BCUT2D eigenvalue weighted by molar-refractivity contribution is -0.120. The number of carbonyl (C=O) groups is 1. The summed E-state index contributed by atoms with van der Waals surface area (Å²) < 4.78 is 0. The van der Waals surface area contributed by atoms with Crippen LogP contribution in [-0.4, -0.2) is 15.9 Å². The maximum absolute atomic E-state index is 12.1. The number of aryl methyl sites for hydroxylation is 2. The van der Waals surface area contributed by atoms with Crippen molar-refractivity contribution in [2.45, 2.75) is 32.2 Å². The number of imidazole rings is 1. The van der Waals surface area contributed by atoms with E-state index in [4.69, 9.17) is 0 Å². The maximum Gasteiger partial charge on any atom is 0.224 e. The van der Waals surface area contributed by atoms with Gasteiger partial charge in [0, 0.05) is 0 Å². The second-order valence-electron chi connectivity index (χ2n) is 6.11. The molecule has 1 aliphatic carbocycles. The molecule has 1 aromatic heterocycles.